The van der Waals surface area contributed by atoms with Crippen LogP contribution in [0.15, 0.2) is 10.9 Å². The molecule has 0 saturated carbocycles. The van der Waals surface area contributed by atoms with E-state index in [9.17, 15) is 14.5 Å². The highest BCUT2D eigenvalue weighted by atomic mass is 16.8. The molecular formula is C10H13N2O5+. The lowest BCUT2D eigenvalue weighted by Gasteiger charge is -2.02. The molecule has 92 valence electrons. The Bertz CT molecular complexity index is 506. The topological polar surface area (TPSA) is 88.5 Å². The van der Waals surface area contributed by atoms with Crippen molar-refractivity contribution in [3.63, 3.8) is 0 Å². The van der Waals surface area contributed by atoms with E-state index in [1.807, 2.05) is 0 Å². The van der Waals surface area contributed by atoms with E-state index >= 15 is 0 Å². The second-order valence-corrected chi connectivity index (χ2v) is 3.20. The van der Waals surface area contributed by atoms with Crippen LogP contribution in [-0.4, -0.2) is 29.6 Å². The van der Waals surface area contributed by atoms with Crippen LogP contribution < -0.4 is 5.56 Å². The lowest BCUT2D eigenvalue weighted by atomic mass is 10.2. The number of hydrogen-bond donors (Lipinski definition) is 1. The van der Waals surface area contributed by atoms with Gasteiger partial charge in [0.05, 0.1) is 11.5 Å². The summed E-state index contributed by atoms with van der Waals surface area (Å²) in [6.45, 7) is 3.37. The third-order valence-electron chi connectivity index (χ3n) is 1.99. The van der Waals surface area contributed by atoms with Crippen molar-refractivity contribution in [2.75, 3.05) is 13.7 Å². The number of pyridine rings is 1. The highest BCUT2D eigenvalue weighted by Gasteiger charge is 2.31. The molecule has 0 radical (unpaired) electrons. The zero-order chi connectivity index (χ0) is 13.0. The van der Waals surface area contributed by atoms with Crippen molar-refractivity contribution in [1.29, 1.82) is 0 Å². The lowest BCUT2D eigenvalue weighted by molar-refractivity contribution is -0.737. The van der Waals surface area contributed by atoms with Crippen LogP contribution in [0.5, 0.6) is 0 Å². The molecule has 0 aromatic carbocycles. The number of ether oxygens (including phenoxy) is 1. The predicted molar refractivity (Wildman–Crippen MR) is 58.1 cm³/mol. The maximum Gasteiger partial charge on any atom is 0.395 e. The number of aryl methyl sites for hydroxylation is 1. The second kappa shape index (κ2) is 5.24. The maximum absolute atomic E-state index is 11.6. The number of nitrogens with one attached hydrogen (secondary N) is 1. The number of rotatable bonds is 4. The Kier molecular flexibility index (Phi) is 3.97. The van der Waals surface area contributed by atoms with Crippen LogP contribution in [-0.2, 0) is 9.57 Å². The van der Waals surface area contributed by atoms with Gasteiger partial charge < -0.3 is 9.72 Å². The number of nitrogens with zero attached hydrogens (tertiary/aromatic N) is 1. The largest absolute Gasteiger partial charge is 0.462 e. The lowest BCUT2D eigenvalue weighted by Crippen LogP contribution is -2.21. The van der Waals surface area contributed by atoms with Gasteiger partial charge in [0.15, 0.2) is 7.11 Å². The molecule has 17 heavy (non-hydrogen) atoms. The molecule has 1 N–H and O–H groups in total. The van der Waals surface area contributed by atoms with E-state index in [-0.39, 0.29) is 17.1 Å². The predicted octanol–water partition coefficient (Wildman–Crippen LogP) is 0.832. The molecule has 0 bridgehead atoms. The molecule has 1 heterocycles. The molecule has 0 aliphatic rings. The van der Waals surface area contributed by atoms with E-state index in [2.05, 4.69) is 9.82 Å². The van der Waals surface area contributed by atoms with Gasteiger partial charge in [-0.05, 0) is 19.9 Å². The zero-order valence-electron chi connectivity index (χ0n) is 9.77. The minimum absolute atomic E-state index is 0.0233. The third-order valence-corrected chi connectivity index (χ3v) is 1.99. The van der Waals surface area contributed by atoms with Crippen molar-refractivity contribution in [2.24, 2.45) is 0 Å². The zero-order valence-corrected chi connectivity index (χ0v) is 9.77. The van der Waals surface area contributed by atoms with Crippen LogP contribution in [0.3, 0.4) is 0 Å². The summed E-state index contributed by atoms with van der Waals surface area (Å²) in [5.74, 6) is -0.741. The van der Waals surface area contributed by atoms with Gasteiger partial charge in [-0.25, -0.2) is 9.63 Å². The van der Waals surface area contributed by atoms with E-state index < -0.39 is 17.2 Å². The molecule has 7 heteroatoms. The Morgan fingerprint density at radius 1 is 1.53 bits per heavy atom. The van der Waals surface area contributed by atoms with Crippen LogP contribution in [0.1, 0.15) is 23.0 Å². The van der Waals surface area contributed by atoms with Crippen molar-refractivity contribution in [3.8, 4) is 0 Å². The molecular weight excluding hydrogens is 228 g/mol. The standard InChI is InChI=1S/C10H12N2O5/c1-4-17-10(14)7-5-6(2)11-9(13)8(7)12(15)16-3/h5H,4H2,1-3H3/p+1. The van der Waals surface area contributed by atoms with Gasteiger partial charge in [-0.1, -0.05) is 0 Å². The van der Waals surface area contributed by atoms with Crippen molar-refractivity contribution in [1.82, 2.24) is 4.98 Å². The van der Waals surface area contributed by atoms with E-state index in [4.69, 9.17) is 4.74 Å². The average Bonchev–Trinajstić information content (AvgIpc) is 2.27. The number of aromatic amines is 1. The Labute approximate surface area is 96.9 Å². The molecule has 1 aromatic heterocycles. The molecule has 0 amide bonds. The number of H-pyrrole nitrogens is 1. The van der Waals surface area contributed by atoms with Gasteiger partial charge in [-0.2, -0.15) is 0 Å². The molecule has 0 fully saturated rings. The molecule has 0 spiro atoms. The number of carbonyl (C=O) groups excluding carboxylic acids is 1. The first-order valence-electron chi connectivity index (χ1n) is 4.93. The van der Waals surface area contributed by atoms with E-state index in [1.54, 1.807) is 13.8 Å². The fraction of sp³-hybridized carbons (Fsp3) is 0.400. The van der Waals surface area contributed by atoms with Gasteiger partial charge in [0.1, 0.15) is 5.56 Å². The average molecular weight is 241 g/mol. The monoisotopic (exact) mass is 241 g/mol. The fourth-order valence-electron chi connectivity index (χ4n) is 1.32. The summed E-state index contributed by atoms with van der Waals surface area (Å²) in [6.07, 6.45) is 0. The Hall–Kier alpha value is -2.18. The van der Waals surface area contributed by atoms with Crippen LogP contribution in [0.4, 0.5) is 5.69 Å². The van der Waals surface area contributed by atoms with Gasteiger partial charge >= 0.3 is 17.2 Å². The minimum Gasteiger partial charge on any atom is -0.462 e. The molecule has 0 aliphatic heterocycles. The Balaban J connectivity index is 3.40. The van der Waals surface area contributed by atoms with E-state index in [1.165, 1.54) is 6.07 Å². The first-order valence-corrected chi connectivity index (χ1v) is 4.93. The first kappa shape index (κ1) is 12.9. The highest BCUT2D eigenvalue weighted by Crippen LogP contribution is 2.15. The Morgan fingerprint density at radius 3 is 2.71 bits per heavy atom. The molecule has 0 aliphatic carbocycles. The number of carbonyl (C=O) groups is 1. The molecule has 1 rings (SSSR count). The molecule has 7 nitrogen and oxygen atoms in total. The normalized spacial score (nSPS) is 9.82. The van der Waals surface area contributed by atoms with Gasteiger partial charge in [-0.15, -0.1) is 0 Å². The Morgan fingerprint density at radius 2 is 2.18 bits per heavy atom. The van der Waals surface area contributed by atoms with Crippen molar-refractivity contribution in [2.45, 2.75) is 13.8 Å². The highest BCUT2D eigenvalue weighted by molar-refractivity contribution is 5.93. The van der Waals surface area contributed by atoms with Gasteiger partial charge in [0, 0.05) is 5.69 Å². The molecule has 1 aromatic rings. The summed E-state index contributed by atoms with van der Waals surface area (Å²) < 4.78 is 4.76. The van der Waals surface area contributed by atoms with E-state index in [0.717, 1.165) is 7.11 Å². The SMILES string of the molecule is CCOC(=O)c1cc(C)[nH]c(=O)c1[N+](=O)OC. The second-order valence-electron chi connectivity index (χ2n) is 3.20. The van der Waals surface area contributed by atoms with Crippen molar-refractivity contribution >= 4 is 11.7 Å². The maximum atomic E-state index is 11.6. The molecule has 0 saturated heterocycles. The van der Waals surface area contributed by atoms with Gasteiger partial charge in [-0.3, -0.25) is 4.79 Å². The van der Waals surface area contributed by atoms with Crippen LogP contribution in [0, 0.1) is 11.8 Å². The number of aromatic nitrogens is 1. The summed E-state index contributed by atoms with van der Waals surface area (Å²) >= 11 is 0. The smallest absolute Gasteiger partial charge is 0.395 e. The van der Waals surface area contributed by atoms with Crippen molar-refractivity contribution < 1.29 is 19.3 Å². The van der Waals surface area contributed by atoms with Crippen LogP contribution in [0.2, 0.25) is 0 Å². The summed E-state index contributed by atoms with van der Waals surface area (Å²) in [4.78, 5) is 41.3. The number of esters is 1. The quantitative estimate of drug-likeness (QED) is 0.623. The third kappa shape index (κ3) is 2.68. The van der Waals surface area contributed by atoms with Crippen LogP contribution >= 0.6 is 0 Å². The van der Waals surface area contributed by atoms with Gasteiger partial charge in [0.25, 0.3) is 4.92 Å². The van der Waals surface area contributed by atoms with Crippen molar-refractivity contribution in [3.05, 3.63) is 32.6 Å². The summed E-state index contributed by atoms with van der Waals surface area (Å²) in [5, 5.41) is 0. The molecule has 0 unspecified atom stereocenters. The van der Waals surface area contributed by atoms with E-state index in [0.29, 0.717) is 5.69 Å². The van der Waals surface area contributed by atoms with Crippen LogP contribution in [0.25, 0.3) is 0 Å². The van der Waals surface area contributed by atoms with Gasteiger partial charge in [0.2, 0.25) is 0 Å². The minimum atomic E-state index is -0.741. The first-order chi connectivity index (χ1) is 8.01. The summed E-state index contributed by atoms with van der Waals surface area (Å²) in [7, 11) is 1.10. The fourth-order valence-corrected chi connectivity index (χ4v) is 1.32. The summed E-state index contributed by atoms with van der Waals surface area (Å²) in [5.41, 5.74) is -0.794. The summed E-state index contributed by atoms with van der Waals surface area (Å²) in [6, 6.07) is 1.36. The molecule has 0 atom stereocenters. The number of hydrogen-bond acceptors (Lipinski definition) is 5.